The summed E-state index contributed by atoms with van der Waals surface area (Å²) in [5, 5.41) is 3.01. The standard InChI is InChI=1S/C11H12N5O/c1-8-10(14-13)11(17)16(15(8)7-12)9-5-3-2-4-6-9/h2-6H,7,12H2,1H3. The monoisotopic (exact) mass is 230 g/mol. The zero-order valence-electron chi connectivity index (χ0n) is 9.37. The lowest BCUT2D eigenvalue weighted by atomic mass is 10.3. The van der Waals surface area contributed by atoms with E-state index in [0.717, 1.165) is 0 Å². The molecule has 0 spiro atoms. The van der Waals surface area contributed by atoms with Crippen molar-refractivity contribution in [1.29, 1.82) is 0 Å². The van der Waals surface area contributed by atoms with Crippen molar-refractivity contribution in [2.75, 3.05) is 0 Å². The highest BCUT2D eigenvalue weighted by atomic mass is 16.1. The third kappa shape index (κ3) is 1.68. The third-order valence-corrected chi connectivity index (χ3v) is 2.64. The number of nitrogens with zero attached hydrogens (tertiary/aromatic N) is 4. The Hall–Kier alpha value is -2.21. The average Bonchev–Trinajstić information content (AvgIpc) is 2.61. The minimum atomic E-state index is -0.387. The van der Waals surface area contributed by atoms with E-state index in [4.69, 9.17) is 11.3 Å². The summed E-state index contributed by atoms with van der Waals surface area (Å²) >= 11 is 0. The molecule has 1 radical (unpaired) electrons. The Balaban J connectivity index is 2.78. The first-order valence-corrected chi connectivity index (χ1v) is 5.13. The fourth-order valence-electron chi connectivity index (χ4n) is 1.80. The number of para-hydroxylation sites is 1. The number of aromatic nitrogens is 2. The van der Waals surface area contributed by atoms with Crippen LogP contribution in [-0.2, 0) is 6.67 Å². The molecule has 0 fully saturated rings. The van der Waals surface area contributed by atoms with Gasteiger partial charge in [-0.25, -0.2) is 4.68 Å². The molecule has 0 aliphatic carbocycles. The topological polar surface area (TPSA) is 87.6 Å². The van der Waals surface area contributed by atoms with Gasteiger partial charge in [-0.1, -0.05) is 18.2 Å². The molecular formula is C11H12N5O. The zero-order valence-corrected chi connectivity index (χ0v) is 9.37. The first-order valence-electron chi connectivity index (χ1n) is 5.13. The maximum absolute atomic E-state index is 12.0. The zero-order chi connectivity index (χ0) is 12.4. The van der Waals surface area contributed by atoms with Crippen LogP contribution in [0.15, 0.2) is 40.2 Å². The van der Waals surface area contributed by atoms with Crippen molar-refractivity contribution < 1.29 is 0 Å². The van der Waals surface area contributed by atoms with Gasteiger partial charge in [-0.05, 0) is 24.6 Å². The van der Waals surface area contributed by atoms with E-state index in [1.807, 2.05) is 18.2 Å². The molecule has 0 atom stereocenters. The Morgan fingerprint density at radius 1 is 1.35 bits per heavy atom. The molecule has 2 aromatic rings. The fraction of sp³-hybridized carbons (Fsp3) is 0.182. The molecule has 1 aromatic heterocycles. The minimum Gasteiger partial charge on any atom is -0.312 e. The van der Waals surface area contributed by atoms with Crippen molar-refractivity contribution >= 4 is 5.69 Å². The summed E-state index contributed by atoms with van der Waals surface area (Å²) in [5.41, 5.74) is 15.3. The van der Waals surface area contributed by atoms with Crippen LogP contribution in [0, 0.1) is 6.92 Å². The van der Waals surface area contributed by atoms with Gasteiger partial charge < -0.3 is 5.73 Å². The SMILES string of the molecule is Cc1c(N=[N])c(=O)n(-c2ccccc2)n1CN. The third-order valence-electron chi connectivity index (χ3n) is 2.64. The van der Waals surface area contributed by atoms with Gasteiger partial charge in [0.15, 0.2) is 5.69 Å². The van der Waals surface area contributed by atoms with Gasteiger partial charge in [-0.3, -0.25) is 9.48 Å². The summed E-state index contributed by atoms with van der Waals surface area (Å²) in [6, 6.07) is 9.07. The van der Waals surface area contributed by atoms with E-state index >= 15 is 0 Å². The largest absolute Gasteiger partial charge is 0.312 e. The molecule has 1 heterocycles. The predicted molar refractivity (Wildman–Crippen MR) is 63.2 cm³/mol. The molecule has 6 heteroatoms. The molecule has 1 aromatic carbocycles. The van der Waals surface area contributed by atoms with E-state index in [0.29, 0.717) is 11.4 Å². The first kappa shape index (κ1) is 11.3. The molecule has 0 aliphatic rings. The highest BCUT2D eigenvalue weighted by molar-refractivity contribution is 5.43. The van der Waals surface area contributed by atoms with Crippen molar-refractivity contribution in [2.24, 2.45) is 10.8 Å². The van der Waals surface area contributed by atoms with E-state index < -0.39 is 0 Å². The second kappa shape index (κ2) is 4.34. The predicted octanol–water partition coefficient (Wildman–Crippen LogP) is 0.747. The van der Waals surface area contributed by atoms with Crippen molar-refractivity contribution in [3.05, 3.63) is 46.4 Å². The number of nitrogens with two attached hydrogens (primary N) is 1. The van der Waals surface area contributed by atoms with Gasteiger partial charge in [-0.2, -0.15) is 0 Å². The number of hydrogen-bond acceptors (Lipinski definition) is 3. The normalized spacial score (nSPS) is 10.5. The van der Waals surface area contributed by atoms with E-state index in [2.05, 4.69) is 5.11 Å². The van der Waals surface area contributed by atoms with Crippen LogP contribution >= 0.6 is 0 Å². The Morgan fingerprint density at radius 2 is 2.00 bits per heavy atom. The molecule has 0 amide bonds. The molecule has 0 bridgehead atoms. The molecule has 0 saturated heterocycles. The van der Waals surface area contributed by atoms with Gasteiger partial charge in [0, 0.05) is 0 Å². The Kier molecular flexibility index (Phi) is 2.88. The molecule has 0 unspecified atom stereocenters. The molecular weight excluding hydrogens is 218 g/mol. The van der Waals surface area contributed by atoms with E-state index in [9.17, 15) is 4.79 Å². The van der Waals surface area contributed by atoms with Gasteiger partial charge in [0.25, 0.3) is 5.56 Å². The van der Waals surface area contributed by atoms with Crippen LogP contribution in [0.5, 0.6) is 0 Å². The number of rotatable bonds is 3. The Morgan fingerprint density at radius 3 is 2.53 bits per heavy atom. The molecule has 6 nitrogen and oxygen atoms in total. The lowest BCUT2D eigenvalue weighted by Gasteiger charge is -2.10. The van der Waals surface area contributed by atoms with Crippen LogP contribution in [-0.4, -0.2) is 9.36 Å². The van der Waals surface area contributed by atoms with Crippen molar-refractivity contribution in [3.8, 4) is 5.69 Å². The van der Waals surface area contributed by atoms with Gasteiger partial charge >= 0.3 is 0 Å². The second-order valence-electron chi connectivity index (χ2n) is 3.57. The smallest absolute Gasteiger partial charge is 0.299 e. The second-order valence-corrected chi connectivity index (χ2v) is 3.57. The summed E-state index contributed by atoms with van der Waals surface area (Å²) in [5.74, 6) is 0. The number of benzene rings is 1. The van der Waals surface area contributed by atoms with Crippen LogP contribution in [0.3, 0.4) is 0 Å². The highest BCUT2D eigenvalue weighted by Crippen LogP contribution is 2.16. The Bertz CT molecular complexity index is 596. The summed E-state index contributed by atoms with van der Waals surface area (Å²) in [6.07, 6.45) is 0. The van der Waals surface area contributed by atoms with Gasteiger partial charge in [-0.15, -0.1) is 5.11 Å². The molecule has 2 rings (SSSR count). The van der Waals surface area contributed by atoms with Gasteiger partial charge in [0.1, 0.15) is 0 Å². The lowest BCUT2D eigenvalue weighted by molar-refractivity contribution is 0.545. The van der Waals surface area contributed by atoms with Crippen molar-refractivity contribution in [2.45, 2.75) is 13.6 Å². The number of hydrogen-bond donors (Lipinski definition) is 1. The molecule has 2 N–H and O–H groups in total. The summed E-state index contributed by atoms with van der Waals surface area (Å²) in [7, 11) is 0. The van der Waals surface area contributed by atoms with Gasteiger partial charge in [0.05, 0.1) is 18.1 Å². The molecule has 0 saturated carbocycles. The van der Waals surface area contributed by atoms with E-state index in [-0.39, 0.29) is 17.9 Å². The highest BCUT2D eigenvalue weighted by Gasteiger charge is 2.16. The molecule has 0 aliphatic heterocycles. The molecule has 87 valence electrons. The first-order chi connectivity index (χ1) is 8.20. The maximum atomic E-state index is 12.0. The van der Waals surface area contributed by atoms with Gasteiger partial charge in [0.2, 0.25) is 0 Å². The van der Waals surface area contributed by atoms with Crippen LogP contribution in [0.4, 0.5) is 5.69 Å². The fourth-order valence-corrected chi connectivity index (χ4v) is 1.80. The lowest BCUT2D eigenvalue weighted by Crippen LogP contribution is -2.24. The summed E-state index contributed by atoms with van der Waals surface area (Å²) < 4.78 is 2.96. The Labute approximate surface area is 97.8 Å². The average molecular weight is 230 g/mol. The maximum Gasteiger partial charge on any atom is 0.299 e. The van der Waals surface area contributed by atoms with E-state index in [1.165, 1.54) is 4.68 Å². The van der Waals surface area contributed by atoms with Crippen LogP contribution in [0.2, 0.25) is 0 Å². The van der Waals surface area contributed by atoms with E-state index in [1.54, 1.807) is 23.7 Å². The summed E-state index contributed by atoms with van der Waals surface area (Å²) in [4.78, 5) is 12.0. The molecule has 17 heavy (non-hydrogen) atoms. The van der Waals surface area contributed by atoms with Crippen LogP contribution in [0.25, 0.3) is 5.69 Å². The minimum absolute atomic E-state index is 0.0132. The van der Waals surface area contributed by atoms with Crippen LogP contribution < -0.4 is 16.8 Å². The van der Waals surface area contributed by atoms with Crippen molar-refractivity contribution in [1.82, 2.24) is 14.9 Å². The summed E-state index contributed by atoms with van der Waals surface area (Å²) in [6.45, 7) is 1.81. The quantitative estimate of drug-likeness (QED) is 0.788. The van der Waals surface area contributed by atoms with Crippen molar-refractivity contribution in [3.63, 3.8) is 0 Å². The van der Waals surface area contributed by atoms with Crippen LogP contribution in [0.1, 0.15) is 5.69 Å².